The zero-order valence-corrected chi connectivity index (χ0v) is 16.6. The predicted molar refractivity (Wildman–Crippen MR) is 111 cm³/mol. The van der Waals surface area contributed by atoms with Crippen LogP contribution < -0.4 is 10.6 Å². The molecule has 3 rings (SSSR count). The standard InChI is InChI=1S/C22H25N3O5/c1-14(26)16-8-5-9-17(12-16)24-22(30)23-13-20(27)25-18(10-11-19(25)21(28)29)15-6-3-2-4-7-15/h2-9,12,14,18-19,26H,10-11,13H2,1H3,(H,28,29)(H2,23,24,30). The van der Waals surface area contributed by atoms with Crippen molar-refractivity contribution in [2.45, 2.75) is 38.0 Å². The zero-order chi connectivity index (χ0) is 21.7. The van der Waals surface area contributed by atoms with Crippen molar-refractivity contribution >= 4 is 23.6 Å². The highest BCUT2D eigenvalue weighted by Crippen LogP contribution is 2.36. The van der Waals surface area contributed by atoms with Gasteiger partial charge in [-0.2, -0.15) is 0 Å². The van der Waals surface area contributed by atoms with Crippen molar-refractivity contribution in [3.63, 3.8) is 0 Å². The molecule has 0 spiro atoms. The van der Waals surface area contributed by atoms with Gasteiger partial charge >= 0.3 is 12.0 Å². The van der Waals surface area contributed by atoms with Crippen LogP contribution in [0.3, 0.4) is 0 Å². The van der Waals surface area contributed by atoms with E-state index in [1.807, 2.05) is 30.3 Å². The highest BCUT2D eigenvalue weighted by atomic mass is 16.4. The second kappa shape index (κ2) is 9.41. The summed E-state index contributed by atoms with van der Waals surface area (Å²) < 4.78 is 0. The van der Waals surface area contributed by atoms with Gasteiger partial charge in [0.2, 0.25) is 5.91 Å². The molecule has 8 nitrogen and oxygen atoms in total. The summed E-state index contributed by atoms with van der Waals surface area (Å²) in [6, 6.07) is 14.2. The van der Waals surface area contributed by atoms with Crippen molar-refractivity contribution < 1.29 is 24.6 Å². The van der Waals surface area contributed by atoms with Crippen LogP contribution in [-0.2, 0) is 9.59 Å². The highest BCUT2D eigenvalue weighted by Gasteiger charge is 2.41. The average molecular weight is 411 g/mol. The molecule has 1 saturated heterocycles. The molecular weight excluding hydrogens is 386 g/mol. The quantitative estimate of drug-likeness (QED) is 0.583. The molecule has 158 valence electrons. The van der Waals surface area contributed by atoms with Crippen molar-refractivity contribution in [2.24, 2.45) is 0 Å². The molecular formula is C22H25N3O5. The number of likely N-dealkylation sites (tertiary alicyclic amines) is 1. The molecule has 3 unspecified atom stereocenters. The van der Waals surface area contributed by atoms with Crippen molar-refractivity contribution in [3.8, 4) is 0 Å². The van der Waals surface area contributed by atoms with Gasteiger partial charge in [-0.15, -0.1) is 0 Å². The predicted octanol–water partition coefficient (Wildman–Crippen LogP) is 2.68. The smallest absolute Gasteiger partial charge is 0.326 e. The minimum atomic E-state index is -1.05. The van der Waals surface area contributed by atoms with Crippen LogP contribution in [0.15, 0.2) is 54.6 Å². The minimum Gasteiger partial charge on any atom is -0.480 e. The van der Waals surface area contributed by atoms with Crippen LogP contribution in [-0.4, -0.2) is 45.6 Å². The number of nitrogens with one attached hydrogen (secondary N) is 2. The van der Waals surface area contributed by atoms with Crippen LogP contribution in [0.2, 0.25) is 0 Å². The molecule has 3 amide bonds. The molecule has 0 aromatic heterocycles. The monoisotopic (exact) mass is 411 g/mol. The van der Waals surface area contributed by atoms with E-state index in [1.54, 1.807) is 31.2 Å². The molecule has 1 fully saturated rings. The Morgan fingerprint density at radius 1 is 1.10 bits per heavy atom. The highest BCUT2D eigenvalue weighted by molar-refractivity contribution is 5.93. The Kier molecular flexibility index (Phi) is 6.68. The second-order valence-corrected chi connectivity index (χ2v) is 7.27. The summed E-state index contributed by atoms with van der Waals surface area (Å²) in [5.41, 5.74) is 2.00. The van der Waals surface area contributed by atoms with Crippen molar-refractivity contribution in [3.05, 3.63) is 65.7 Å². The number of anilines is 1. The van der Waals surface area contributed by atoms with Gasteiger partial charge in [0.25, 0.3) is 0 Å². The Morgan fingerprint density at radius 3 is 2.50 bits per heavy atom. The number of nitrogens with zero attached hydrogens (tertiary/aromatic N) is 1. The number of carboxylic acid groups (broad SMARTS) is 1. The Hall–Kier alpha value is -3.39. The number of aliphatic hydroxyl groups is 1. The summed E-state index contributed by atoms with van der Waals surface area (Å²) in [6.07, 6.45) is 0.235. The Morgan fingerprint density at radius 2 is 1.83 bits per heavy atom. The number of aliphatic carboxylic acids is 1. The van der Waals surface area contributed by atoms with Crippen LogP contribution in [0.4, 0.5) is 10.5 Å². The number of carbonyl (C=O) groups is 3. The van der Waals surface area contributed by atoms with Gasteiger partial charge in [0.05, 0.1) is 18.7 Å². The molecule has 2 aromatic rings. The molecule has 0 radical (unpaired) electrons. The Labute approximate surface area is 174 Å². The maximum Gasteiger partial charge on any atom is 0.326 e. The molecule has 0 bridgehead atoms. The third-order valence-corrected chi connectivity index (χ3v) is 5.17. The average Bonchev–Trinajstić information content (AvgIpc) is 3.18. The summed E-state index contributed by atoms with van der Waals surface area (Å²) in [4.78, 5) is 38.0. The zero-order valence-electron chi connectivity index (χ0n) is 16.6. The number of benzene rings is 2. The fourth-order valence-corrected chi connectivity index (χ4v) is 3.70. The minimum absolute atomic E-state index is 0.324. The van der Waals surface area contributed by atoms with Crippen LogP contribution >= 0.6 is 0 Å². The molecule has 8 heteroatoms. The van der Waals surface area contributed by atoms with E-state index in [0.717, 1.165) is 5.56 Å². The van der Waals surface area contributed by atoms with Crippen molar-refractivity contribution in [1.82, 2.24) is 10.2 Å². The summed E-state index contributed by atoms with van der Waals surface area (Å²) in [7, 11) is 0. The molecule has 4 N–H and O–H groups in total. The second-order valence-electron chi connectivity index (χ2n) is 7.27. The fourth-order valence-electron chi connectivity index (χ4n) is 3.70. The van der Waals surface area contributed by atoms with E-state index in [1.165, 1.54) is 4.90 Å². The first-order valence-electron chi connectivity index (χ1n) is 9.78. The van der Waals surface area contributed by atoms with Gasteiger partial charge in [-0.05, 0) is 43.0 Å². The lowest BCUT2D eigenvalue weighted by Gasteiger charge is -2.29. The maximum absolute atomic E-state index is 12.8. The Bertz CT molecular complexity index is 916. The molecule has 2 aromatic carbocycles. The summed E-state index contributed by atoms with van der Waals surface area (Å²) in [5, 5.41) is 24.3. The number of carboxylic acids is 1. The Balaban J connectivity index is 1.65. The maximum atomic E-state index is 12.8. The van der Waals surface area contributed by atoms with E-state index in [9.17, 15) is 24.6 Å². The third kappa shape index (κ3) is 4.96. The fraction of sp³-hybridized carbons (Fsp3) is 0.318. The lowest BCUT2D eigenvalue weighted by atomic mass is 10.0. The largest absolute Gasteiger partial charge is 0.480 e. The SMILES string of the molecule is CC(O)c1cccc(NC(=O)NCC(=O)N2C(C(=O)O)CCC2c2ccccc2)c1. The van der Waals surface area contributed by atoms with Gasteiger partial charge in [-0.1, -0.05) is 42.5 Å². The van der Waals surface area contributed by atoms with Crippen LogP contribution in [0, 0.1) is 0 Å². The number of amides is 3. The molecule has 1 heterocycles. The van der Waals surface area contributed by atoms with Gasteiger partial charge < -0.3 is 25.7 Å². The number of hydrogen-bond acceptors (Lipinski definition) is 4. The van der Waals surface area contributed by atoms with Crippen LogP contribution in [0.1, 0.15) is 43.0 Å². The lowest BCUT2D eigenvalue weighted by Crippen LogP contribution is -2.47. The lowest BCUT2D eigenvalue weighted by molar-refractivity contribution is -0.149. The number of aliphatic hydroxyl groups excluding tert-OH is 1. The molecule has 3 atom stereocenters. The van der Waals surface area contributed by atoms with E-state index < -0.39 is 30.1 Å². The summed E-state index contributed by atoms with van der Waals surface area (Å²) in [6.45, 7) is 1.30. The number of urea groups is 1. The summed E-state index contributed by atoms with van der Waals surface area (Å²) >= 11 is 0. The van der Waals surface area contributed by atoms with Crippen LogP contribution in [0.25, 0.3) is 0 Å². The number of rotatable bonds is 6. The van der Waals surface area contributed by atoms with Crippen molar-refractivity contribution in [1.29, 1.82) is 0 Å². The molecule has 30 heavy (non-hydrogen) atoms. The molecule has 1 aliphatic heterocycles. The third-order valence-electron chi connectivity index (χ3n) is 5.17. The van der Waals surface area contributed by atoms with E-state index in [0.29, 0.717) is 24.1 Å². The van der Waals surface area contributed by atoms with Gasteiger partial charge in [0.1, 0.15) is 6.04 Å². The topological polar surface area (TPSA) is 119 Å². The first-order chi connectivity index (χ1) is 14.4. The molecule has 0 saturated carbocycles. The molecule has 0 aliphatic carbocycles. The van der Waals surface area contributed by atoms with E-state index in [4.69, 9.17) is 0 Å². The number of hydrogen-bond donors (Lipinski definition) is 4. The van der Waals surface area contributed by atoms with Crippen LogP contribution in [0.5, 0.6) is 0 Å². The first kappa shape index (κ1) is 21.3. The normalized spacial score (nSPS) is 19.2. The van der Waals surface area contributed by atoms with Crippen molar-refractivity contribution in [2.75, 3.05) is 11.9 Å². The van der Waals surface area contributed by atoms with Gasteiger partial charge in [-0.25, -0.2) is 9.59 Å². The van der Waals surface area contributed by atoms with E-state index in [2.05, 4.69) is 10.6 Å². The molecule has 1 aliphatic rings. The first-order valence-corrected chi connectivity index (χ1v) is 9.78. The van der Waals surface area contributed by atoms with E-state index >= 15 is 0 Å². The van der Waals surface area contributed by atoms with Gasteiger partial charge in [0, 0.05) is 5.69 Å². The number of carbonyl (C=O) groups excluding carboxylic acids is 2. The van der Waals surface area contributed by atoms with E-state index in [-0.39, 0.29) is 12.6 Å². The van der Waals surface area contributed by atoms with Gasteiger partial charge in [0.15, 0.2) is 0 Å². The van der Waals surface area contributed by atoms with Gasteiger partial charge in [-0.3, -0.25) is 4.79 Å². The summed E-state index contributed by atoms with van der Waals surface area (Å²) in [5.74, 6) is -1.51.